The fraction of sp³-hybridized carbons (Fsp3) is 0.533. The highest BCUT2D eigenvalue weighted by atomic mass is 16.5. The van der Waals surface area contributed by atoms with Crippen molar-refractivity contribution in [3.63, 3.8) is 0 Å². The smallest absolute Gasteiger partial charge is 0.315 e. The lowest BCUT2D eigenvalue weighted by atomic mass is 9.86. The predicted molar refractivity (Wildman–Crippen MR) is 79.5 cm³/mol. The molecule has 1 aliphatic rings. The summed E-state index contributed by atoms with van der Waals surface area (Å²) in [4.78, 5) is 26.8. The summed E-state index contributed by atoms with van der Waals surface area (Å²) in [5, 5.41) is 14.6. The molecule has 1 heterocycles. The van der Waals surface area contributed by atoms with Gasteiger partial charge < -0.3 is 20.5 Å². The largest absolute Gasteiger partial charge is 0.481 e. The van der Waals surface area contributed by atoms with Gasteiger partial charge in [-0.05, 0) is 37.3 Å². The number of carboxylic acids is 1. The van der Waals surface area contributed by atoms with Crippen LogP contribution in [-0.2, 0) is 11.3 Å². The van der Waals surface area contributed by atoms with Crippen LogP contribution in [0.2, 0.25) is 0 Å². The summed E-state index contributed by atoms with van der Waals surface area (Å²) in [6.07, 6.45) is 4.26. The van der Waals surface area contributed by atoms with E-state index in [0.717, 1.165) is 5.56 Å². The van der Waals surface area contributed by atoms with E-state index in [4.69, 9.17) is 9.84 Å². The van der Waals surface area contributed by atoms with Crippen LogP contribution in [0.25, 0.3) is 0 Å². The van der Waals surface area contributed by atoms with Crippen LogP contribution in [0, 0.1) is 5.92 Å². The van der Waals surface area contributed by atoms with Gasteiger partial charge in [0.25, 0.3) is 0 Å². The van der Waals surface area contributed by atoms with Crippen LogP contribution in [0.15, 0.2) is 18.3 Å². The molecular weight excluding hydrogens is 286 g/mol. The van der Waals surface area contributed by atoms with Gasteiger partial charge in [-0.1, -0.05) is 0 Å². The van der Waals surface area contributed by atoms with E-state index >= 15 is 0 Å². The van der Waals surface area contributed by atoms with Crippen molar-refractivity contribution in [2.75, 3.05) is 7.11 Å². The van der Waals surface area contributed by atoms with E-state index in [0.29, 0.717) is 38.1 Å². The van der Waals surface area contributed by atoms with E-state index in [1.807, 2.05) is 0 Å². The number of carboxylic acid groups (broad SMARTS) is 1. The number of rotatable bonds is 5. The molecule has 1 aromatic rings. The average Bonchev–Trinajstić information content (AvgIpc) is 2.53. The maximum Gasteiger partial charge on any atom is 0.315 e. The lowest BCUT2D eigenvalue weighted by Crippen LogP contribution is -2.43. The number of carbonyl (C=O) groups excluding carboxylic acids is 1. The van der Waals surface area contributed by atoms with Crippen molar-refractivity contribution >= 4 is 12.0 Å². The maximum atomic E-state index is 11.9. The molecular formula is C15H21N3O4. The average molecular weight is 307 g/mol. The zero-order valence-corrected chi connectivity index (χ0v) is 12.5. The Bertz CT molecular complexity index is 527. The van der Waals surface area contributed by atoms with Crippen molar-refractivity contribution in [2.45, 2.75) is 38.3 Å². The number of nitrogens with zero attached hydrogens (tertiary/aromatic N) is 1. The summed E-state index contributed by atoms with van der Waals surface area (Å²) >= 11 is 0. The zero-order valence-electron chi connectivity index (χ0n) is 12.5. The number of urea groups is 1. The number of amides is 2. The van der Waals surface area contributed by atoms with Gasteiger partial charge in [-0.2, -0.15) is 0 Å². The van der Waals surface area contributed by atoms with Crippen LogP contribution in [0.5, 0.6) is 5.88 Å². The highest BCUT2D eigenvalue weighted by Gasteiger charge is 2.26. The zero-order chi connectivity index (χ0) is 15.9. The van der Waals surface area contributed by atoms with E-state index in [1.54, 1.807) is 25.4 Å². The lowest BCUT2D eigenvalue weighted by Gasteiger charge is -2.26. The molecule has 0 saturated heterocycles. The number of hydrogen-bond donors (Lipinski definition) is 3. The first kappa shape index (κ1) is 16.1. The highest BCUT2D eigenvalue weighted by Crippen LogP contribution is 2.24. The third kappa shape index (κ3) is 4.61. The number of hydrogen-bond acceptors (Lipinski definition) is 4. The second-order valence-electron chi connectivity index (χ2n) is 5.42. The molecule has 1 aliphatic carbocycles. The van der Waals surface area contributed by atoms with Crippen LogP contribution in [0.3, 0.4) is 0 Å². The molecule has 7 heteroatoms. The molecule has 0 aromatic carbocycles. The van der Waals surface area contributed by atoms with E-state index in [9.17, 15) is 9.59 Å². The molecule has 0 radical (unpaired) electrons. The maximum absolute atomic E-state index is 11.9. The quantitative estimate of drug-likeness (QED) is 0.766. The van der Waals surface area contributed by atoms with Crippen LogP contribution in [0.1, 0.15) is 31.2 Å². The molecule has 1 fully saturated rings. The van der Waals surface area contributed by atoms with Crippen LogP contribution in [-0.4, -0.2) is 35.2 Å². The van der Waals surface area contributed by atoms with Crippen LogP contribution >= 0.6 is 0 Å². The number of ether oxygens (including phenoxy) is 1. The van der Waals surface area contributed by atoms with Crippen molar-refractivity contribution < 1.29 is 19.4 Å². The second-order valence-corrected chi connectivity index (χ2v) is 5.42. The minimum Gasteiger partial charge on any atom is -0.481 e. The first-order valence-corrected chi connectivity index (χ1v) is 7.34. The molecule has 0 bridgehead atoms. The standard InChI is InChI=1S/C15H21N3O4/c1-22-13-8-10(6-7-16-13)9-17-15(21)18-12-4-2-11(3-5-12)14(19)20/h6-8,11-12H,2-5,9H2,1H3,(H,19,20)(H2,17,18,21). The minimum atomic E-state index is -0.741. The van der Waals surface area contributed by atoms with Crippen molar-refractivity contribution in [3.05, 3.63) is 23.9 Å². The van der Waals surface area contributed by atoms with Crippen molar-refractivity contribution in [2.24, 2.45) is 5.92 Å². The Morgan fingerprint density at radius 1 is 1.36 bits per heavy atom. The van der Waals surface area contributed by atoms with Gasteiger partial charge in [-0.3, -0.25) is 4.79 Å². The van der Waals surface area contributed by atoms with Crippen LogP contribution < -0.4 is 15.4 Å². The Balaban J connectivity index is 1.73. The van der Waals surface area contributed by atoms with Gasteiger partial charge in [0, 0.05) is 24.8 Å². The molecule has 1 aromatic heterocycles. The molecule has 0 unspecified atom stereocenters. The number of aromatic nitrogens is 1. The Hall–Kier alpha value is -2.31. The molecule has 2 amide bonds. The molecule has 0 aliphatic heterocycles. The first-order chi connectivity index (χ1) is 10.6. The fourth-order valence-corrected chi connectivity index (χ4v) is 2.58. The molecule has 120 valence electrons. The lowest BCUT2D eigenvalue weighted by molar-refractivity contribution is -0.142. The third-order valence-corrected chi connectivity index (χ3v) is 3.87. The van der Waals surface area contributed by atoms with Gasteiger partial charge in [0.2, 0.25) is 5.88 Å². The number of pyridine rings is 1. The van der Waals surface area contributed by atoms with E-state index < -0.39 is 5.97 Å². The number of methoxy groups -OCH3 is 1. The number of nitrogens with one attached hydrogen (secondary N) is 2. The van der Waals surface area contributed by atoms with Crippen molar-refractivity contribution in [1.82, 2.24) is 15.6 Å². The summed E-state index contributed by atoms with van der Waals surface area (Å²) in [6.45, 7) is 0.384. The Morgan fingerprint density at radius 2 is 2.09 bits per heavy atom. The molecule has 7 nitrogen and oxygen atoms in total. The summed E-state index contributed by atoms with van der Waals surface area (Å²) in [6, 6.07) is 3.37. The Morgan fingerprint density at radius 3 is 2.73 bits per heavy atom. The summed E-state index contributed by atoms with van der Waals surface area (Å²) in [5.41, 5.74) is 0.900. The summed E-state index contributed by atoms with van der Waals surface area (Å²) in [7, 11) is 1.54. The minimum absolute atomic E-state index is 0.0441. The second kappa shape index (κ2) is 7.63. The molecule has 1 saturated carbocycles. The van der Waals surface area contributed by atoms with Gasteiger partial charge in [0.05, 0.1) is 13.0 Å². The SMILES string of the molecule is COc1cc(CNC(=O)NC2CCC(C(=O)O)CC2)ccn1. The predicted octanol–water partition coefficient (Wildman–Crippen LogP) is 1.53. The van der Waals surface area contributed by atoms with E-state index in [1.165, 1.54) is 0 Å². The number of aliphatic carboxylic acids is 1. The Kier molecular flexibility index (Phi) is 5.57. The van der Waals surface area contributed by atoms with E-state index in [2.05, 4.69) is 15.6 Å². The van der Waals surface area contributed by atoms with Crippen molar-refractivity contribution in [3.8, 4) is 5.88 Å². The monoisotopic (exact) mass is 307 g/mol. The normalized spacial score (nSPS) is 21.0. The van der Waals surface area contributed by atoms with E-state index in [-0.39, 0.29) is 18.0 Å². The molecule has 2 rings (SSSR count). The van der Waals surface area contributed by atoms with Gasteiger partial charge in [0.15, 0.2) is 0 Å². The fourth-order valence-electron chi connectivity index (χ4n) is 2.58. The van der Waals surface area contributed by atoms with Gasteiger partial charge in [-0.15, -0.1) is 0 Å². The topological polar surface area (TPSA) is 101 Å². The summed E-state index contributed by atoms with van der Waals surface area (Å²) in [5.74, 6) is -0.508. The molecule has 0 atom stereocenters. The first-order valence-electron chi connectivity index (χ1n) is 7.34. The van der Waals surface area contributed by atoms with Gasteiger partial charge in [0.1, 0.15) is 0 Å². The van der Waals surface area contributed by atoms with Gasteiger partial charge in [-0.25, -0.2) is 9.78 Å². The highest BCUT2D eigenvalue weighted by molar-refractivity contribution is 5.74. The molecule has 0 spiro atoms. The van der Waals surface area contributed by atoms with Crippen LogP contribution in [0.4, 0.5) is 4.79 Å². The number of carbonyl (C=O) groups is 2. The third-order valence-electron chi connectivity index (χ3n) is 3.87. The molecule has 3 N–H and O–H groups in total. The summed E-state index contributed by atoms with van der Waals surface area (Å²) < 4.78 is 5.03. The molecule has 22 heavy (non-hydrogen) atoms. The van der Waals surface area contributed by atoms with Gasteiger partial charge >= 0.3 is 12.0 Å². The Labute approximate surface area is 129 Å². The van der Waals surface area contributed by atoms with Crippen molar-refractivity contribution in [1.29, 1.82) is 0 Å².